The second-order valence-electron chi connectivity index (χ2n) is 4.60. The second-order valence-corrected chi connectivity index (χ2v) is 4.60. The predicted octanol–water partition coefficient (Wildman–Crippen LogP) is 0.108. The molecule has 1 saturated heterocycles. The highest BCUT2D eigenvalue weighted by Gasteiger charge is 2.13. The highest BCUT2D eigenvalue weighted by molar-refractivity contribution is 5.90. The lowest BCUT2D eigenvalue weighted by Crippen LogP contribution is -2.32. The fraction of sp³-hybridized carbons (Fsp3) is 0.583. The summed E-state index contributed by atoms with van der Waals surface area (Å²) in [5.41, 5.74) is 5.40. The molecular weight excluding hydrogens is 230 g/mol. The number of amides is 1. The van der Waals surface area contributed by atoms with Gasteiger partial charge in [-0.2, -0.15) is 0 Å². The maximum atomic E-state index is 11.0. The molecule has 2 N–H and O–H groups in total. The van der Waals surface area contributed by atoms with E-state index in [-0.39, 0.29) is 5.69 Å². The van der Waals surface area contributed by atoms with E-state index in [1.165, 1.54) is 32.1 Å². The van der Waals surface area contributed by atoms with Gasteiger partial charge >= 0.3 is 0 Å². The van der Waals surface area contributed by atoms with E-state index in [1.807, 2.05) is 11.9 Å². The van der Waals surface area contributed by atoms with Gasteiger partial charge in [-0.3, -0.25) is 9.78 Å². The summed E-state index contributed by atoms with van der Waals surface area (Å²) < 4.78 is 0. The molecule has 18 heavy (non-hydrogen) atoms. The fourth-order valence-electron chi connectivity index (χ4n) is 2.07. The molecule has 0 aromatic carbocycles. The third-order valence-electron chi connectivity index (χ3n) is 3.22. The molecule has 0 aliphatic carbocycles. The summed E-state index contributed by atoms with van der Waals surface area (Å²) in [5, 5.41) is 0. The molecule has 1 fully saturated rings. The van der Waals surface area contributed by atoms with E-state index in [4.69, 9.17) is 5.73 Å². The first-order valence-electron chi connectivity index (χ1n) is 6.22. The zero-order valence-electron chi connectivity index (χ0n) is 10.7. The van der Waals surface area contributed by atoms with Crippen molar-refractivity contribution in [3.63, 3.8) is 0 Å². The van der Waals surface area contributed by atoms with Gasteiger partial charge < -0.3 is 15.5 Å². The van der Waals surface area contributed by atoms with Gasteiger partial charge in [0.1, 0.15) is 11.5 Å². The number of rotatable bonds is 5. The number of nitrogens with two attached hydrogens (primary N) is 1. The molecule has 6 heteroatoms. The van der Waals surface area contributed by atoms with Crippen LogP contribution >= 0.6 is 0 Å². The van der Waals surface area contributed by atoms with Crippen LogP contribution in [0.2, 0.25) is 0 Å². The van der Waals surface area contributed by atoms with E-state index < -0.39 is 5.91 Å². The molecule has 0 atom stereocenters. The summed E-state index contributed by atoms with van der Waals surface area (Å²) in [6, 6.07) is 0. The van der Waals surface area contributed by atoms with Crippen LogP contribution in [0.4, 0.5) is 5.82 Å². The van der Waals surface area contributed by atoms with E-state index in [2.05, 4.69) is 14.9 Å². The average molecular weight is 249 g/mol. The van der Waals surface area contributed by atoms with Crippen molar-refractivity contribution in [1.29, 1.82) is 0 Å². The Morgan fingerprint density at radius 1 is 1.44 bits per heavy atom. The van der Waals surface area contributed by atoms with Crippen molar-refractivity contribution in [2.24, 2.45) is 5.73 Å². The number of aromatic nitrogens is 2. The molecule has 1 aliphatic heterocycles. The van der Waals surface area contributed by atoms with Gasteiger partial charge in [0, 0.05) is 20.1 Å². The minimum Gasteiger partial charge on any atom is -0.364 e. The van der Waals surface area contributed by atoms with Gasteiger partial charge in [-0.15, -0.1) is 0 Å². The van der Waals surface area contributed by atoms with E-state index in [0.29, 0.717) is 5.82 Å². The van der Waals surface area contributed by atoms with Gasteiger partial charge in [0.15, 0.2) is 0 Å². The minimum atomic E-state index is -0.544. The lowest BCUT2D eigenvalue weighted by molar-refractivity contribution is 0.0995. The molecule has 2 heterocycles. The van der Waals surface area contributed by atoms with Crippen LogP contribution in [0.25, 0.3) is 0 Å². The van der Waals surface area contributed by atoms with E-state index in [0.717, 1.165) is 13.1 Å². The molecule has 1 aromatic heterocycles. The molecular formula is C12H19N5O. The molecule has 0 saturated carbocycles. The lowest BCUT2D eigenvalue weighted by atomic mass is 10.4. The van der Waals surface area contributed by atoms with Crippen molar-refractivity contribution in [2.75, 3.05) is 38.1 Å². The summed E-state index contributed by atoms with van der Waals surface area (Å²) >= 11 is 0. The second kappa shape index (κ2) is 5.77. The molecule has 1 aliphatic rings. The van der Waals surface area contributed by atoms with Crippen LogP contribution in [0.5, 0.6) is 0 Å². The number of nitrogens with zero attached hydrogens (tertiary/aromatic N) is 4. The topological polar surface area (TPSA) is 75.3 Å². The van der Waals surface area contributed by atoms with Crippen LogP contribution in [-0.4, -0.2) is 54.0 Å². The van der Waals surface area contributed by atoms with Crippen LogP contribution in [0.3, 0.4) is 0 Å². The van der Waals surface area contributed by atoms with Crippen LogP contribution in [-0.2, 0) is 0 Å². The number of primary amides is 1. The van der Waals surface area contributed by atoms with Crippen LogP contribution < -0.4 is 10.6 Å². The molecule has 2 rings (SSSR count). The molecule has 0 bridgehead atoms. The van der Waals surface area contributed by atoms with Crippen LogP contribution in [0.1, 0.15) is 23.3 Å². The Kier molecular flexibility index (Phi) is 4.09. The lowest BCUT2D eigenvalue weighted by Gasteiger charge is -2.22. The monoisotopic (exact) mass is 249 g/mol. The number of likely N-dealkylation sites (N-methyl/N-ethyl adjacent to an activating group) is 1. The summed E-state index contributed by atoms with van der Waals surface area (Å²) in [7, 11) is 1.95. The van der Waals surface area contributed by atoms with Gasteiger partial charge in [-0.25, -0.2) is 4.98 Å². The first-order chi connectivity index (χ1) is 8.66. The summed E-state index contributed by atoms with van der Waals surface area (Å²) in [4.78, 5) is 23.6. The molecule has 6 nitrogen and oxygen atoms in total. The van der Waals surface area contributed by atoms with Crippen LogP contribution in [0, 0.1) is 0 Å². The fourth-order valence-corrected chi connectivity index (χ4v) is 2.07. The van der Waals surface area contributed by atoms with Crippen molar-refractivity contribution < 1.29 is 4.79 Å². The Morgan fingerprint density at radius 2 is 2.17 bits per heavy atom. The zero-order chi connectivity index (χ0) is 13.0. The third kappa shape index (κ3) is 3.16. The number of hydrogen-bond acceptors (Lipinski definition) is 5. The quantitative estimate of drug-likeness (QED) is 0.801. The Bertz CT molecular complexity index is 417. The highest BCUT2D eigenvalue weighted by atomic mass is 16.1. The Labute approximate surface area is 107 Å². The van der Waals surface area contributed by atoms with Crippen molar-refractivity contribution in [2.45, 2.75) is 12.8 Å². The van der Waals surface area contributed by atoms with Gasteiger partial charge in [0.25, 0.3) is 5.91 Å². The molecule has 98 valence electrons. The summed E-state index contributed by atoms with van der Waals surface area (Å²) in [6.45, 7) is 4.25. The van der Waals surface area contributed by atoms with Crippen molar-refractivity contribution in [3.8, 4) is 0 Å². The van der Waals surface area contributed by atoms with Gasteiger partial charge in [0.05, 0.1) is 12.4 Å². The smallest absolute Gasteiger partial charge is 0.268 e. The van der Waals surface area contributed by atoms with E-state index in [1.54, 1.807) is 6.20 Å². The van der Waals surface area contributed by atoms with Crippen molar-refractivity contribution >= 4 is 11.7 Å². The molecule has 0 unspecified atom stereocenters. The molecule has 1 amide bonds. The molecule has 0 spiro atoms. The maximum Gasteiger partial charge on any atom is 0.268 e. The normalized spacial score (nSPS) is 15.8. The Morgan fingerprint density at radius 3 is 2.83 bits per heavy atom. The van der Waals surface area contributed by atoms with Gasteiger partial charge in [-0.05, 0) is 25.9 Å². The van der Waals surface area contributed by atoms with E-state index >= 15 is 0 Å². The largest absolute Gasteiger partial charge is 0.364 e. The first-order valence-corrected chi connectivity index (χ1v) is 6.22. The summed E-state index contributed by atoms with van der Waals surface area (Å²) in [5.74, 6) is 0.141. The predicted molar refractivity (Wildman–Crippen MR) is 69.5 cm³/mol. The highest BCUT2D eigenvalue weighted by Crippen LogP contribution is 2.10. The van der Waals surface area contributed by atoms with Gasteiger partial charge in [0.2, 0.25) is 0 Å². The molecule has 1 aromatic rings. The number of anilines is 1. The maximum absolute atomic E-state index is 11.0. The SMILES string of the molecule is CN(CCN1CCCC1)c1cncc(C(N)=O)n1. The van der Waals surface area contributed by atoms with Crippen molar-refractivity contribution in [3.05, 3.63) is 18.1 Å². The number of carbonyl (C=O) groups excluding carboxylic acids is 1. The van der Waals surface area contributed by atoms with Gasteiger partial charge in [-0.1, -0.05) is 0 Å². The first kappa shape index (κ1) is 12.8. The Hall–Kier alpha value is -1.69. The third-order valence-corrected chi connectivity index (χ3v) is 3.22. The van der Waals surface area contributed by atoms with Crippen molar-refractivity contribution in [1.82, 2.24) is 14.9 Å². The number of hydrogen-bond donors (Lipinski definition) is 1. The van der Waals surface area contributed by atoms with Crippen LogP contribution in [0.15, 0.2) is 12.4 Å². The average Bonchev–Trinajstić information content (AvgIpc) is 2.89. The number of carbonyl (C=O) groups is 1. The minimum absolute atomic E-state index is 0.209. The Balaban J connectivity index is 1.93. The van der Waals surface area contributed by atoms with E-state index in [9.17, 15) is 4.79 Å². The summed E-state index contributed by atoms with van der Waals surface area (Å²) in [6.07, 6.45) is 5.62. The number of likely N-dealkylation sites (tertiary alicyclic amines) is 1. The standard InChI is InChI=1S/C12H19N5O/c1-16(6-7-17-4-2-3-5-17)11-9-14-8-10(15-11)12(13)18/h8-9H,2-7H2,1H3,(H2,13,18). The molecule has 0 radical (unpaired) electrons. The zero-order valence-corrected chi connectivity index (χ0v) is 10.7.